The zero-order valence-electron chi connectivity index (χ0n) is 38.1. The average Bonchev–Trinajstić information content (AvgIpc) is 4.00. The van der Waals surface area contributed by atoms with Crippen LogP contribution in [0.1, 0.15) is 47.2 Å². The molecule has 1 aromatic heterocycles. The molecule has 1 aliphatic heterocycles. The van der Waals surface area contributed by atoms with Crippen molar-refractivity contribution in [3.05, 3.63) is 258 Å². The maximum absolute atomic E-state index is 7.19. The molecular formula is C66H43NO2. The zero-order valence-corrected chi connectivity index (χ0v) is 38.1. The Bertz CT molecular complexity index is 4070. The van der Waals surface area contributed by atoms with Crippen molar-refractivity contribution >= 4 is 60.5 Å². The van der Waals surface area contributed by atoms with Crippen molar-refractivity contribution in [1.82, 2.24) is 0 Å². The van der Waals surface area contributed by atoms with Crippen molar-refractivity contribution in [2.75, 3.05) is 4.90 Å². The predicted octanol–water partition coefficient (Wildman–Crippen LogP) is 17.8. The lowest BCUT2D eigenvalue weighted by Gasteiger charge is -2.40. The molecule has 2 heterocycles. The van der Waals surface area contributed by atoms with Crippen LogP contribution in [0.15, 0.2) is 229 Å². The summed E-state index contributed by atoms with van der Waals surface area (Å²) in [5.41, 5.74) is 19.3. The van der Waals surface area contributed by atoms with Gasteiger partial charge in [0.2, 0.25) is 0 Å². The molecule has 0 bridgehead atoms. The van der Waals surface area contributed by atoms with Crippen LogP contribution >= 0.6 is 0 Å². The number of para-hydroxylation sites is 1. The van der Waals surface area contributed by atoms with Crippen LogP contribution in [0.5, 0.6) is 11.5 Å². The first kappa shape index (κ1) is 38.4. The molecule has 69 heavy (non-hydrogen) atoms. The van der Waals surface area contributed by atoms with Crippen LogP contribution in [0.4, 0.5) is 17.1 Å². The fraction of sp³-hybridized carbons (Fsp3) is 0.0606. The van der Waals surface area contributed by atoms with E-state index in [0.29, 0.717) is 0 Å². The van der Waals surface area contributed by atoms with Crippen molar-refractivity contribution in [2.45, 2.75) is 24.7 Å². The maximum atomic E-state index is 7.19. The van der Waals surface area contributed by atoms with E-state index in [0.717, 1.165) is 66.8 Å². The van der Waals surface area contributed by atoms with Gasteiger partial charge in [0.15, 0.2) is 0 Å². The van der Waals surface area contributed by atoms with Gasteiger partial charge >= 0.3 is 0 Å². The molecule has 3 aliphatic rings. The average molecular weight is 882 g/mol. The number of anilines is 3. The van der Waals surface area contributed by atoms with Gasteiger partial charge < -0.3 is 14.1 Å². The third-order valence-electron chi connectivity index (χ3n) is 15.7. The number of fused-ring (bicyclic) bond motifs is 19. The molecular weight excluding hydrogens is 839 g/mol. The molecule has 0 radical (unpaired) electrons. The minimum atomic E-state index is -0.588. The third kappa shape index (κ3) is 5.17. The maximum Gasteiger partial charge on any atom is 0.140 e. The summed E-state index contributed by atoms with van der Waals surface area (Å²) in [5, 5.41) is 6.77. The lowest BCUT2D eigenvalue weighted by atomic mass is 9.65. The number of furan rings is 1. The summed E-state index contributed by atoms with van der Waals surface area (Å²) < 4.78 is 13.7. The Balaban J connectivity index is 0.907. The molecule has 0 unspecified atom stereocenters. The van der Waals surface area contributed by atoms with Crippen LogP contribution in [-0.2, 0) is 10.8 Å². The summed E-state index contributed by atoms with van der Waals surface area (Å²) in [4.78, 5) is 2.42. The van der Waals surface area contributed by atoms with E-state index in [1.54, 1.807) is 0 Å². The van der Waals surface area contributed by atoms with Crippen LogP contribution < -0.4 is 9.64 Å². The second kappa shape index (κ2) is 13.9. The minimum Gasteiger partial charge on any atom is -0.456 e. The molecule has 3 nitrogen and oxygen atoms in total. The summed E-state index contributed by atoms with van der Waals surface area (Å²) in [6.45, 7) is 4.68. The van der Waals surface area contributed by atoms with Crippen LogP contribution in [0.3, 0.4) is 0 Å². The monoisotopic (exact) mass is 881 g/mol. The highest BCUT2D eigenvalue weighted by Gasteiger charge is 2.52. The first-order chi connectivity index (χ1) is 34.0. The van der Waals surface area contributed by atoms with E-state index in [1.165, 1.54) is 72.0 Å². The van der Waals surface area contributed by atoms with E-state index in [9.17, 15) is 0 Å². The summed E-state index contributed by atoms with van der Waals surface area (Å²) in [6, 6.07) is 82.4. The third-order valence-corrected chi connectivity index (χ3v) is 15.7. The van der Waals surface area contributed by atoms with Gasteiger partial charge in [0.25, 0.3) is 0 Å². The fourth-order valence-electron chi connectivity index (χ4n) is 12.6. The van der Waals surface area contributed by atoms with Gasteiger partial charge in [-0.3, -0.25) is 0 Å². The van der Waals surface area contributed by atoms with Crippen LogP contribution in [-0.4, -0.2) is 0 Å². The zero-order chi connectivity index (χ0) is 45.6. The highest BCUT2D eigenvalue weighted by Crippen LogP contribution is 2.64. The van der Waals surface area contributed by atoms with Crippen molar-refractivity contribution in [3.8, 4) is 44.9 Å². The van der Waals surface area contributed by atoms with E-state index < -0.39 is 5.41 Å². The van der Waals surface area contributed by atoms with Gasteiger partial charge in [0.05, 0.1) is 16.5 Å². The van der Waals surface area contributed by atoms with Crippen LogP contribution in [0.2, 0.25) is 0 Å². The number of hydrogen-bond donors (Lipinski definition) is 0. The van der Waals surface area contributed by atoms with Gasteiger partial charge in [-0.05, 0) is 115 Å². The summed E-state index contributed by atoms with van der Waals surface area (Å²) in [5.74, 6) is 1.86. The van der Waals surface area contributed by atoms with E-state index in [-0.39, 0.29) is 5.41 Å². The smallest absolute Gasteiger partial charge is 0.140 e. The second-order valence-electron chi connectivity index (χ2n) is 19.5. The number of rotatable bonds is 4. The number of benzene rings is 11. The molecule has 0 saturated heterocycles. The standard InChI is InChI=1S/C66H43NO2/c1-65(2)53-21-10-7-18-48(53)52-39-45(33-37-54(52)65)67(59-23-13-25-61-62(59)50-20-9-12-24-60(50)68-61)44-31-26-40(27-32-44)43-30-34-56-51(38-43)49-19-8-11-22-55(49)66(56)57-35-28-41-14-3-5-16-46(41)63(57)69-64-47-17-6-4-15-42(47)29-36-58(64)66/h3-39H,1-2H3. The molecule has 0 atom stereocenters. The topological polar surface area (TPSA) is 25.6 Å². The summed E-state index contributed by atoms with van der Waals surface area (Å²) >= 11 is 0. The Morgan fingerprint density at radius 3 is 1.62 bits per heavy atom. The summed E-state index contributed by atoms with van der Waals surface area (Å²) in [7, 11) is 0. The lowest BCUT2D eigenvalue weighted by molar-refractivity contribution is 0.447. The number of nitrogens with zero attached hydrogens (tertiary/aromatic N) is 1. The number of hydrogen-bond acceptors (Lipinski definition) is 3. The molecule has 1 spiro atoms. The van der Waals surface area contributed by atoms with Gasteiger partial charge in [-0.2, -0.15) is 0 Å². The second-order valence-corrected chi connectivity index (χ2v) is 19.5. The van der Waals surface area contributed by atoms with E-state index in [2.05, 4.69) is 237 Å². The molecule has 0 saturated carbocycles. The van der Waals surface area contributed by atoms with Crippen LogP contribution in [0, 0.1) is 0 Å². The molecule has 3 heteroatoms. The predicted molar refractivity (Wildman–Crippen MR) is 284 cm³/mol. The molecule has 11 aromatic carbocycles. The van der Waals surface area contributed by atoms with Crippen molar-refractivity contribution in [3.63, 3.8) is 0 Å². The molecule has 0 fully saturated rings. The van der Waals surface area contributed by atoms with E-state index >= 15 is 0 Å². The van der Waals surface area contributed by atoms with Crippen molar-refractivity contribution < 1.29 is 9.15 Å². The van der Waals surface area contributed by atoms with Crippen molar-refractivity contribution in [1.29, 1.82) is 0 Å². The van der Waals surface area contributed by atoms with Gasteiger partial charge in [0.1, 0.15) is 22.7 Å². The molecule has 2 aliphatic carbocycles. The van der Waals surface area contributed by atoms with Gasteiger partial charge in [-0.1, -0.05) is 190 Å². The Kier molecular flexibility index (Phi) is 7.77. The van der Waals surface area contributed by atoms with E-state index in [4.69, 9.17) is 9.15 Å². The van der Waals surface area contributed by atoms with E-state index in [1.807, 2.05) is 6.07 Å². The highest BCUT2D eigenvalue weighted by atomic mass is 16.5. The first-order valence-corrected chi connectivity index (χ1v) is 24.0. The quantitative estimate of drug-likeness (QED) is 0.176. The SMILES string of the molecule is CC1(C)c2ccccc2-c2cc(N(c3ccc(-c4ccc5c(c4)-c4ccccc4C54c5ccc6ccccc6c5Oc5c4ccc4ccccc54)cc3)c3cccc4oc5ccccc5c34)ccc21. The Morgan fingerprint density at radius 1 is 0.362 bits per heavy atom. The largest absolute Gasteiger partial charge is 0.456 e. The molecule has 12 aromatic rings. The Labute approximate surface area is 400 Å². The highest BCUT2D eigenvalue weighted by molar-refractivity contribution is 6.13. The Hall–Kier alpha value is -8.66. The van der Waals surface area contributed by atoms with Crippen molar-refractivity contribution in [2.24, 2.45) is 0 Å². The van der Waals surface area contributed by atoms with Gasteiger partial charge in [-0.25, -0.2) is 0 Å². The number of ether oxygens (including phenoxy) is 1. The van der Waals surface area contributed by atoms with Crippen LogP contribution in [0.25, 0.3) is 76.9 Å². The normalized spacial score (nSPS) is 14.3. The van der Waals surface area contributed by atoms with Gasteiger partial charge in [-0.15, -0.1) is 0 Å². The molecule has 0 amide bonds. The van der Waals surface area contributed by atoms with Gasteiger partial charge in [0, 0.05) is 44.1 Å². The molecule has 324 valence electrons. The molecule has 0 N–H and O–H groups in total. The lowest BCUT2D eigenvalue weighted by Crippen LogP contribution is -2.32. The Morgan fingerprint density at radius 2 is 0.884 bits per heavy atom. The summed E-state index contributed by atoms with van der Waals surface area (Å²) in [6.07, 6.45) is 0. The fourth-order valence-corrected chi connectivity index (χ4v) is 12.6. The minimum absolute atomic E-state index is 0.0893. The molecule has 15 rings (SSSR count). The first-order valence-electron chi connectivity index (χ1n) is 24.0.